The van der Waals surface area contributed by atoms with E-state index in [0.717, 1.165) is 43.6 Å². The summed E-state index contributed by atoms with van der Waals surface area (Å²) in [5.41, 5.74) is 3.25. The molecule has 2 aromatic rings. The van der Waals surface area contributed by atoms with E-state index in [2.05, 4.69) is 46.0 Å². The van der Waals surface area contributed by atoms with Gasteiger partial charge in [-0.3, -0.25) is 4.90 Å². The molecule has 0 aliphatic carbocycles. The first-order valence-corrected chi connectivity index (χ1v) is 8.61. The van der Waals surface area contributed by atoms with Crippen molar-refractivity contribution in [2.24, 2.45) is 0 Å². The average molecular weight is 320 g/mol. The van der Waals surface area contributed by atoms with Gasteiger partial charge in [0, 0.05) is 19.3 Å². The van der Waals surface area contributed by atoms with Gasteiger partial charge in [0.25, 0.3) is 0 Å². The third-order valence-corrected chi connectivity index (χ3v) is 4.49. The third kappa shape index (κ3) is 4.67. The van der Waals surface area contributed by atoms with Crippen molar-refractivity contribution in [3.05, 3.63) is 65.5 Å². The van der Waals surface area contributed by atoms with Crippen molar-refractivity contribution in [1.29, 1.82) is 0 Å². The molecule has 0 bridgehead atoms. The molecule has 2 heterocycles. The summed E-state index contributed by atoms with van der Waals surface area (Å²) in [6.45, 7) is 3.82. The molecule has 0 saturated carbocycles. The summed E-state index contributed by atoms with van der Waals surface area (Å²) in [4.78, 5) is 6.77. The van der Waals surface area contributed by atoms with Gasteiger partial charge in [-0.1, -0.05) is 42.3 Å². The number of aliphatic hydroxyl groups is 1. The molecule has 0 amide bonds. The van der Waals surface area contributed by atoms with Gasteiger partial charge in [0.2, 0.25) is 0 Å². The molecule has 124 valence electrons. The predicted molar refractivity (Wildman–Crippen MR) is 96.6 cm³/mol. The van der Waals surface area contributed by atoms with Gasteiger partial charge >= 0.3 is 0 Å². The fraction of sp³-hybridized carbons (Fsp3) is 0.381. The maximum atomic E-state index is 9.76. The quantitative estimate of drug-likeness (QED) is 0.884. The summed E-state index contributed by atoms with van der Waals surface area (Å²) < 4.78 is 0. The molecule has 1 saturated heterocycles. The largest absolute Gasteiger partial charge is 0.393 e. The Labute approximate surface area is 144 Å². The second-order valence-electron chi connectivity index (χ2n) is 6.46. The first-order valence-electron chi connectivity index (χ1n) is 8.61. The second-order valence-corrected chi connectivity index (χ2v) is 6.46. The Morgan fingerprint density at radius 2 is 1.92 bits per heavy atom. The lowest BCUT2D eigenvalue weighted by Gasteiger charge is -2.33. The van der Waals surface area contributed by atoms with Gasteiger partial charge in [-0.2, -0.15) is 0 Å². The van der Waals surface area contributed by atoms with E-state index in [0.29, 0.717) is 0 Å². The maximum absolute atomic E-state index is 9.76. The number of benzene rings is 1. The Morgan fingerprint density at radius 1 is 1.17 bits per heavy atom. The van der Waals surface area contributed by atoms with Crippen LogP contribution in [0.5, 0.6) is 0 Å². The summed E-state index contributed by atoms with van der Waals surface area (Å²) in [6, 6.07) is 14.7. The van der Waals surface area contributed by atoms with Crippen LogP contribution in [0.15, 0.2) is 48.7 Å². The van der Waals surface area contributed by atoms with Crippen LogP contribution in [0.4, 0.5) is 0 Å². The van der Waals surface area contributed by atoms with E-state index in [-0.39, 0.29) is 12.1 Å². The first-order chi connectivity index (χ1) is 11.7. The standard InChI is InChI=1S/C21H24N2O/c1-17-7-8-19(22-16-17)9-10-20(15-18-5-3-2-4-6-18)23-13-11-21(24)12-14-23/h2-8,16,20-21,24H,11-15H2,1H3/t20-/m1/s1. The molecular formula is C21H24N2O. The van der Waals surface area contributed by atoms with Crippen molar-refractivity contribution in [2.45, 2.75) is 38.3 Å². The van der Waals surface area contributed by atoms with Gasteiger partial charge in [0.05, 0.1) is 12.1 Å². The Bertz CT molecular complexity index is 692. The molecule has 0 radical (unpaired) electrons. The lowest BCUT2D eigenvalue weighted by Crippen LogP contribution is -2.43. The van der Waals surface area contributed by atoms with Crippen LogP contribution in [0.3, 0.4) is 0 Å². The van der Waals surface area contributed by atoms with Gasteiger partial charge < -0.3 is 5.11 Å². The summed E-state index contributed by atoms with van der Waals surface area (Å²) in [5, 5.41) is 9.76. The smallest absolute Gasteiger partial charge is 0.113 e. The number of aryl methyl sites for hydroxylation is 1. The van der Waals surface area contributed by atoms with Crippen molar-refractivity contribution in [3.8, 4) is 11.8 Å². The fourth-order valence-corrected chi connectivity index (χ4v) is 3.01. The molecule has 3 heteroatoms. The zero-order chi connectivity index (χ0) is 16.8. The molecule has 1 atom stereocenters. The van der Waals surface area contributed by atoms with Crippen molar-refractivity contribution in [1.82, 2.24) is 9.88 Å². The van der Waals surface area contributed by atoms with Crippen LogP contribution >= 0.6 is 0 Å². The summed E-state index contributed by atoms with van der Waals surface area (Å²) in [5.74, 6) is 6.66. The van der Waals surface area contributed by atoms with Crippen molar-refractivity contribution in [3.63, 3.8) is 0 Å². The Morgan fingerprint density at radius 3 is 2.58 bits per heavy atom. The third-order valence-electron chi connectivity index (χ3n) is 4.49. The SMILES string of the molecule is Cc1ccc(C#C[C@H](Cc2ccccc2)N2CCC(O)CC2)nc1. The molecule has 0 unspecified atom stereocenters. The Hall–Kier alpha value is -2.15. The van der Waals surface area contributed by atoms with E-state index in [1.165, 1.54) is 5.56 Å². The highest BCUT2D eigenvalue weighted by Crippen LogP contribution is 2.16. The van der Waals surface area contributed by atoms with Gasteiger partial charge in [-0.15, -0.1) is 0 Å². The molecule has 3 nitrogen and oxygen atoms in total. The normalized spacial score (nSPS) is 17.1. The maximum Gasteiger partial charge on any atom is 0.113 e. The molecule has 1 fully saturated rings. The lowest BCUT2D eigenvalue weighted by atomic mass is 10.0. The van der Waals surface area contributed by atoms with Gasteiger partial charge in [-0.05, 0) is 49.3 Å². The highest BCUT2D eigenvalue weighted by molar-refractivity contribution is 5.31. The minimum absolute atomic E-state index is 0.156. The highest BCUT2D eigenvalue weighted by atomic mass is 16.3. The van der Waals surface area contributed by atoms with E-state index in [4.69, 9.17) is 0 Å². The number of pyridine rings is 1. The molecule has 1 N–H and O–H groups in total. The number of hydrogen-bond donors (Lipinski definition) is 1. The number of nitrogens with zero attached hydrogens (tertiary/aromatic N) is 2. The van der Waals surface area contributed by atoms with Crippen LogP contribution < -0.4 is 0 Å². The molecule has 3 rings (SSSR count). The van der Waals surface area contributed by atoms with Gasteiger partial charge in [0.1, 0.15) is 5.69 Å². The van der Waals surface area contributed by atoms with Crippen LogP contribution in [-0.2, 0) is 6.42 Å². The number of rotatable bonds is 3. The second kappa shape index (κ2) is 8.10. The Kier molecular flexibility index (Phi) is 5.63. The summed E-state index contributed by atoms with van der Waals surface area (Å²) in [6.07, 6.45) is 4.25. The molecule has 1 aliphatic rings. The minimum Gasteiger partial charge on any atom is -0.393 e. The number of piperidine rings is 1. The van der Waals surface area contributed by atoms with Crippen LogP contribution in [-0.4, -0.2) is 40.2 Å². The van der Waals surface area contributed by atoms with Crippen LogP contribution in [0.2, 0.25) is 0 Å². The van der Waals surface area contributed by atoms with E-state index >= 15 is 0 Å². The molecule has 1 aromatic heterocycles. The zero-order valence-corrected chi connectivity index (χ0v) is 14.2. The molecule has 0 spiro atoms. The fourth-order valence-electron chi connectivity index (χ4n) is 3.01. The predicted octanol–water partition coefficient (Wildman–Crippen LogP) is 2.81. The minimum atomic E-state index is -0.162. The average Bonchev–Trinajstić information content (AvgIpc) is 2.62. The topological polar surface area (TPSA) is 36.4 Å². The number of hydrogen-bond acceptors (Lipinski definition) is 3. The first kappa shape index (κ1) is 16.7. The van der Waals surface area contributed by atoms with Gasteiger partial charge in [-0.25, -0.2) is 4.98 Å². The van der Waals surface area contributed by atoms with Crippen LogP contribution in [0.1, 0.15) is 29.7 Å². The number of likely N-dealkylation sites (tertiary alicyclic amines) is 1. The van der Waals surface area contributed by atoms with E-state index in [9.17, 15) is 5.11 Å². The summed E-state index contributed by atoms with van der Waals surface area (Å²) in [7, 11) is 0. The molecule has 1 aliphatic heterocycles. The van der Waals surface area contributed by atoms with Crippen molar-refractivity contribution in [2.75, 3.05) is 13.1 Å². The van der Waals surface area contributed by atoms with Gasteiger partial charge in [0.15, 0.2) is 0 Å². The van der Waals surface area contributed by atoms with E-state index in [1.54, 1.807) is 0 Å². The van der Waals surface area contributed by atoms with E-state index in [1.807, 2.05) is 31.3 Å². The lowest BCUT2D eigenvalue weighted by molar-refractivity contribution is 0.0722. The number of aromatic nitrogens is 1. The number of aliphatic hydroxyl groups excluding tert-OH is 1. The molecule has 1 aromatic carbocycles. The monoisotopic (exact) mass is 320 g/mol. The van der Waals surface area contributed by atoms with Crippen molar-refractivity contribution >= 4 is 0 Å². The van der Waals surface area contributed by atoms with Crippen LogP contribution in [0, 0.1) is 18.8 Å². The van der Waals surface area contributed by atoms with Crippen LogP contribution in [0.25, 0.3) is 0 Å². The zero-order valence-electron chi connectivity index (χ0n) is 14.2. The van der Waals surface area contributed by atoms with Crippen molar-refractivity contribution < 1.29 is 5.11 Å². The summed E-state index contributed by atoms with van der Waals surface area (Å²) >= 11 is 0. The molecular weight excluding hydrogens is 296 g/mol. The van der Waals surface area contributed by atoms with E-state index < -0.39 is 0 Å². The molecule has 24 heavy (non-hydrogen) atoms. The Balaban J connectivity index is 1.78. The highest BCUT2D eigenvalue weighted by Gasteiger charge is 2.23.